The molecule has 1 heterocycles. The minimum atomic E-state index is 0.431. The van der Waals surface area contributed by atoms with Gasteiger partial charge in [0.15, 0.2) is 0 Å². The Labute approximate surface area is 106 Å². The van der Waals surface area contributed by atoms with Gasteiger partial charge in [-0.2, -0.15) is 0 Å². The molecule has 100 valence electrons. The number of hydrogen-bond acceptors (Lipinski definition) is 3. The molecule has 0 aromatic rings. The van der Waals surface area contributed by atoms with E-state index in [1.54, 1.807) is 0 Å². The molecular formula is C14H28N2O. The van der Waals surface area contributed by atoms with E-state index in [1.165, 1.54) is 38.6 Å². The second kappa shape index (κ2) is 6.72. The van der Waals surface area contributed by atoms with E-state index >= 15 is 0 Å². The summed E-state index contributed by atoms with van der Waals surface area (Å²) in [6.07, 6.45) is 8.23. The molecule has 3 unspecified atom stereocenters. The van der Waals surface area contributed by atoms with Crippen LogP contribution in [0, 0.1) is 5.92 Å². The van der Waals surface area contributed by atoms with Gasteiger partial charge in [-0.15, -0.1) is 0 Å². The van der Waals surface area contributed by atoms with Crippen molar-refractivity contribution in [3.05, 3.63) is 0 Å². The number of nitrogens with zero attached hydrogens (tertiary/aromatic N) is 1. The van der Waals surface area contributed by atoms with Crippen molar-refractivity contribution in [1.82, 2.24) is 4.90 Å². The molecule has 3 heteroatoms. The average molecular weight is 240 g/mol. The summed E-state index contributed by atoms with van der Waals surface area (Å²) in [7, 11) is 0. The van der Waals surface area contributed by atoms with Gasteiger partial charge >= 0.3 is 0 Å². The molecule has 1 aliphatic heterocycles. The summed E-state index contributed by atoms with van der Waals surface area (Å²) in [4.78, 5) is 2.58. The Kier molecular flexibility index (Phi) is 5.26. The highest BCUT2D eigenvalue weighted by Crippen LogP contribution is 2.23. The number of rotatable bonds is 3. The summed E-state index contributed by atoms with van der Waals surface area (Å²) in [5.41, 5.74) is 6.31. The summed E-state index contributed by atoms with van der Waals surface area (Å²) in [6, 6.07) is 0.431. The van der Waals surface area contributed by atoms with Gasteiger partial charge in [0.2, 0.25) is 0 Å². The van der Waals surface area contributed by atoms with E-state index in [9.17, 15) is 0 Å². The van der Waals surface area contributed by atoms with E-state index in [2.05, 4.69) is 11.8 Å². The Morgan fingerprint density at radius 3 is 2.88 bits per heavy atom. The Balaban J connectivity index is 1.81. The molecule has 0 aromatic heterocycles. The van der Waals surface area contributed by atoms with Gasteiger partial charge in [0.05, 0.1) is 12.7 Å². The first kappa shape index (κ1) is 13.3. The van der Waals surface area contributed by atoms with Gasteiger partial charge in [0.1, 0.15) is 0 Å². The molecule has 0 aromatic carbocycles. The van der Waals surface area contributed by atoms with E-state index in [0.29, 0.717) is 18.1 Å². The molecule has 0 radical (unpaired) electrons. The summed E-state index contributed by atoms with van der Waals surface area (Å²) >= 11 is 0. The third kappa shape index (κ3) is 3.94. The highest BCUT2D eigenvalue weighted by Gasteiger charge is 2.25. The van der Waals surface area contributed by atoms with Crippen LogP contribution in [0.1, 0.15) is 45.4 Å². The predicted octanol–water partition coefficient (Wildman–Crippen LogP) is 2.00. The van der Waals surface area contributed by atoms with E-state index < -0.39 is 0 Å². The van der Waals surface area contributed by atoms with E-state index in [0.717, 1.165) is 26.1 Å². The second-order valence-corrected chi connectivity index (χ2v) is 5.72. The lowest BCUT2D eigenvalue weighted by Crippen LogP contribution is -2.46. The van der Waals surface area contributed by atoms with Gasteiger partial charge in [-0.3, -0.25) is 4.90 Å². The van der Waals surface area contributed by atoms with Crippen LogP contribution in [0.15, 0.2) is 0 Å². The molecule has 0 bridgehead atoms. The molecule has 3 atom stereocenters. The summed E-state index contributed by atoms with van der Waals surface area (Å²) < 4.78 is 5.73. The predicted molar refractivity (Wildman–Crippen MR) is 71.0 cm³/mol. The largest absolute Gasteiger partial charge is 0.376 e. The number of nitrogens with two attached hydrogens (primary N) is 1. The highest BCUT2D eigenvalue weighted by molar-refractivity contribution is 4.81. The summed E-state index contributed by atoms with van der Waals surface area (Å²) in [5, 5.41) is 0. The fourth-order valence-electron chi connectivity index (χ4n) is 3.16. The van der Waals surface area contributed by atoms with Crippen LogP contribution in [0.2, 0.25) is 0 Å². The molecule has 1 saturated heterocycles. The van der Waals surface area contributed by atoms with Gasteiger partial charge < -0.3 is 10.5 Å². The van der Waals surface area contributed by atoms with Crippen LogP contribution in [0.4, 0.5) is 0 Å². The molecule has 0 amide bonds. The first-order chi connectivity index (χ1) is 8.29. The van der Waals surface area contributed by atoms with Crippen molar-refractivity contribution in [3.63, 3.8) is 0 Å². The van der Waals surface area contributed by atoms with Crippen molar-refractivity contribution in [2.45, 2.75) is 57.6 Å². The first-order valence-corrected chi connectivity index (χ1v) is 7.39. The lowest BCUT2D eigenvalue weighted by Gasteiger charge is -2.36. The Bertz CT molecular complexity index is 222. The lowest BCUT2D eigenvalue weighted by atomic mass is 9.94. The summed E-state index contributed by atoms with van der Waals surface area (Å²) in [5.74, 6) is 0.716. The lowest BCUT2D eigenvalue weighted by molar-refractivity contribution is -0.0353. The maximum absolute atomic E-state index is 6.31. The van der Waals surface area contributed by atoms with Gasteiger partial charge in [-0.25, -0.2) is 0 Å². The molecule has 2 N–H and O–H groups in total. The number of morpholine rings is 1. The minimum absolute atomic E-state index is 0.431. The van der Waals surface area contributed by atoms with Crippen LogP contribution in [0.5, 0.6) is 0 Å². The van der Waals surface area contributed by atoms with Gasteiger partial charge in [-0.1, -0.05) is 26.2 Å². The molecule has 2 rings (SSSR count). The van der Waals surface area contributed by atoms with Gasteiger partial charge in [0, 0.05) is 25.7 Å². The fraction of sp³-hybridized carbons (Fsp3) is 1.00. The topological polar surface area (TPSA) is 38.5 Å². The second-order valence-electron chi connectivity index (χ2n) is 5.72. The molecular weight excluding hydrogens is 212 g/mol. The highest BCUT2D eigenvalue weighted by atomic mass is 16.5. The van der Waals surface area contributed by atoms with E-state index in [4.69, 9.17) is 10.5 Å². The van der Waals surface area contributed by atoms with Crippen LogP contribution in [0.3, 0.4) is 0 Å². The fourth-order valence-corrected chi connectivity index (χ4v) is 3.16. The van der Waals surface area contributed by atoms with Crippen LogP contribution in [-0.4, -0.2) is 43.3 Å². The van der Waals surface area contributed by atoms with Gasteiger partial charge in [-0.05, 0) is 25.2 Å². The number of ether oxygens (including phenoxy) is 1. The zero-order valence-electron chi connectivity index (χ0n) is 11.2. The summed E-state index contributed by atoms with van der Waals surface area (Å²) in [6.45, 7) is 6.52. The van der Waals surface area contributed by atoms with Crippen molar-refractivity contribution < 1.29 is 4.74 Å². The maximum Gasteiger partial charge on any atom is 0.0700 e. The Morgan fingerprint density at radius 1 is 1.24 bits per heavy atom. The maximum atomic E-state index is 6.31. The molecule has 1 aliphatic carbocycles. The van der Waals surface area contributed by atoms with Crippen LogP contribution >= 0.6 is 0 Å². The van der Waals surface area contributed by atoms with Crippen molar-refractivity contribution in [1.29, 1.82) is 0 Å². The first-order valence-electron chi connectivity index (χ1n) is 7.39. The molecule has 17 heavy (non-hydrogen) atoms. The van der Waals surface area contributed by atoms with Crippen LogP contribution < -0.4 is 5.73 Å². The standard InChI is InChI=1S/C14H28N2O/c1-2-13-11-16(8-9-17-13)10-12-6-4-3-5-7-14(12)15/h12-14H,2-11,15H2,1H3. The monoisotopic (exact) mass is 240 g/mol. The normalized spacial score (nSPS) is 36.7. The van der Waals surface area contributed by atoms with Crippen molar-refractivity contribution in [3.8, 4) is 0 Å². The van der Waals surface area contributed by atoms with Crippen molar-refractivity contribution in [2.24, 2.45) is 11.7 Å². The molecule has 1 saturated carbocycles. The molecule has 2 fully saturated rings. The van der Waals surface area contributed by atoms with Crippen LogP contribution in [0.25, 0.3) is 0 Å². The zero-order valence-corrected chi connectivity index (χ0v) is 11.2. The minimum Gasteiger partial charge on any atom is -0.376 e. The van der Waals surface area contributed by atoms with E-state index in [1.807, 2.05) is 0 Å². The molecule has 0 spiro atoms. The van der Waals surface area contributed by atoms with Crippen molar-refractivity contribution >= 4 is 0 Å². The number of hydrogen-bond donors (Lipinski definition) is 1. The van der Waals surface area contributed by atoms with E-state index in [-0.39, 0.29) is 0 Å². The Hall–Kier alpha value is -0.120. The molecule has 2 aliphatic rings. The zero-order chi connectivity index (χ0) is 12.1. The molecule has 3 nitrogen and oxygen atoms in total. The van der Waals surface area contributed by atoms with Gasteiger partial charge in [0.25, 0.3) is 0 Å². The SMILES string of the molecule is CCC1CN(CC2CCCCCC2N)CCO1. The third-order valence-corrected chi connectivity index (χ3v) is 4.39. The third-order valence-electron chi connectivity index (χ3n) is 4.39. The Morgan fingerprint density at radius 2 is 2.06 bits per heavy atom. The quantitative estimate of drug-likeness (QED) is 0.767. The average Bonchev–Trinajstić information content (AvgIpc) is 2.55. The van der Waals surface area contributed by atoms with Crippen molar-refractivity contribution in [2.75, 3.05) is 26.2 Å². The smallest absolute Gasteiger partial charge is 0.0700 e. The van der Waals surface area contributed by atoms with Crippen LogP contribution in [-0.2, 0) is 4.74 Å².